The Labute approximate surface area is 170 Å². The van der Waals surface area contributed by atoms with Gasteiger partial charge in [0.15, 0.2) is 0 Å². The highest BCUT2D eigenvalue weighted by atomic mass is 16.5. The van der Waals surface area contributed by atoms with Crippen molar-refractivity contribution >= 4 is 23.1 Å². The number of carbonyl (C=O) groups excluding carboxylic acids is 1. The SMILES string of the molecule is CCc1cccc(C)c1NC(=O)c1ccc(Nc2cc(OC)ccc2OC)nc1. The largest absolute Gasteiger partial charge is 0.497 e. The molecule has 3 aromatic rings. The van der Waals surface area contributed by atoms with Gasteiger partial charge in [0.05, 0.1) is 25.5 Å². The lowest BCUT2D eigenvalue weighted by Gasteiger charge is -2.14. The predicted molar refractivity (Wildman–Crippen MR) is 116 cm³/mol. The van der Waals surface area contributed by atoms with Crippen LogP contribution < -0.4 is 20.1 Å². The highest BCUT2D eigenvalue weighted by molar-refractivity contribution is 6.05. The number of nitrogens with zero attached hydrogens (tertiary/aromatic N) is 1. The molecule has 0 aliphatic carbocycles. The molecule has 0 atom stereocenters. The molecule has 0 saturated heterocycles. The summed E-state index contributed by atoms with van der Waals surface area (Å²) in [6, 6.07) is 15.0. The molecule has 2 N–H and O–H groups in total. The Bertz CT molecular complexity index is 1000. The molecule has 0 aliphatic heterocycles. The number of pyridine rings is 1. The summed E-state index contributed by atoms with van der Waals surface area (Å²) in [7, 11) is 3.21. The Hall–Kier alpha value is -3.54. The molecule has 0 unspecified atom stereocenters. The zero-order valence-corrected chi connectivity index (χ0v) is 17.1. The number of nitrogens with one attached hydrogen (secondary N) is 2. The average molecular weight is 391 g/mol. The number of para-hydroxylation sites is 1. The first-order chi connectivity index (χ1) is 14.0. The Kier molecular flexibility index (Phi) is 6.34. The summed E-state index contributed by atoms with van der Waals surface area (Å²) in [5.74, 6) is 1.78. The number of carbonyl (C=O) groups is 1. The molecule has 29 heavy (non-hydrogen) atoms. The fourth-order valence-corrected chi connectivity index (χ4v) is 3.04. The minimum atomic E-state index is -0.188. The van der Waals surface area contributed by atoms with E-state index in [1.807, 2.05) is 43.3 Å². The van der Waals surface area contributed by atoms with Crippen molar-refractivity contribution in [3.63, 3.8) is 0 Å². The number of benzene rings is 2. The molecular formula is C23H25N3O3. The maximum atomic E-state index is 12.7. The Morgan fingerprint density at radius 3 is 2.55 bits per heavy atom. The van der Waals surface area contributed by atoms with Crippen LogP contribution in [0.5, 0.6) is 11.5 Å². The van der Waals surface area contributed by atoms with Crippen LogP contribution in [-0.4, -0.2) is 25.1 Å². The molecular weight excluding hydrogens is 366 g/mol. The third kappa shape index (κ3) is 4.66. The molecule has 0 radical (unpaired) electrons. The number of hydrogen-bond donors (Lipinski definition) is 2. The number of methoxy groups -OCH3 is 2. The van der Waals surface area contributed by atoms with Gasteiger partial charge in [0.2, 0.25) is 0 Å². The van der Waals surface area contributed by atoms with Crippen LogP contribution >= 0.6 is 0 Å². The van der Waals surface area contributed by atoms with Crippen molar-refractivity contribution in [1.29, 1.82) is 0 Å². The molecule has 6 nitrogen and oxygen atoms in total. The summed E-state index contributed by atoms with van der Waals surface area (Å²) in [6.07, 6.45) is 2.40. The smallest absolute Gasteiger partial charge is 0.257 e. The first-order valence-corrected chi connectivity index (χ1v) is 9.40. The molecule has 0 bridgehead atoms. The van der Waals surface area contributed by atoms with E-state index >= 15 is 0 Å². The number of amides is 1. The van der Waals surface area contributed by atoms with Gasteiger partial charge in [-0.3, -0.25) is 4.79 Å². The van der Waals surface area contributed by atoms with Crippen LogP contribution in [0.25, 0.3) is 0 Å². The number of aromatic nitrogens is 1. The van der Waals surface area contributed by atoms with Gasteiger partial charge in [-0.2, -0.15) is 0 Å². The van der Waals surface area contributed by atoms with Crippen molar-refractivity contribution in [2.24, 2.45) is 0 Å². The lowest BCUT2D eigenvalue weighted by molar-refractivity contribution is 0.102. The molecule has 0 saturated carbocycles. The second-order valence-corrected chi connectivity index (χ2v) is 6.54. The van der Waals surface area contributed by atoms with Crippen LogP contribution in [0.4, 0.5) is 17.2 Å². The monoisotopic (exact) mass is 391 g/mol. The van der Waals surface area contributed by atoms with Crippen LogP contribution in [0, 0.1) is 6.92 Å². The van der Waals surface area contributed by atoms with Gasteiger partial charge in [-0.15, -0.1) is 0 Å². The number of rotatable bonds is 7. The van der Waals surface area contributed by atoms with E-state index in [2.05, 4.69) is 22.5 Å². The fourth-order valence-electron chi connectivity index (χ4n) is 3.04. The molecule has 6 heteroatoms. The van der Waals surface area contributed by atoms with E-state index in [0.717, 1.165) is 28.9 Å². The summed E-state index contributed by atoms with van der Waals surface area (Å²) in [5.41, 5.74) is 4.22. The van der Waals surface area contributed by atoms with E-state index < -0.39 is 0 Å². The number of ether oxygens (including phenoxy) is 2. The molecule has 0 spiro atoms. The molecule has 3 rings (SSSR count). The molecule has 0 aliphatic rings. The maximum absolute atomic E-state index is 12.7. The second-order valence-electron chi connectivity index (χ2n) is 6.54. The Balaban J connectivity index is 1.76. The zero-order valence-electron chi connectivity index (χ0n) is 17.1. The molecule has 1 aromatic heterocycles. The molecule has 2 aromatic carbocycles. The number of hydrogen-bond acceptors (Lipinski definition) is 5. The van der Waals surface area contributed by atoms with Gasteiger partial charge >= 0.3 is 0 Å². The first-order valence-electron chi connectivity index (χ1n) is 9.40. The van der Waals surface area contributed by atoms with Gasteiger partial charge < -0.3 is 20.1 Å². The average Bonchev–Trinajstić information content (AvgIpc) is 2.75. The van der Waals surface area contributed by atoms with Gasteiger partial charge in [-0.1, -0.05) is 25.1 Å². The first kappa shape index (κ1) is 20.2. The Morgan fingerprint density at radius 2 is 1.90 bits per heavy atom. The van der Waals surface area contributed by atoms with Crippen molar-refractivity contribution in [2.75, 3.05) is 24.9 Å². The van der Waals surface area contributed by atoms with Gasteiger partial charge in [0.25, 0.3) is 5.91 Å². The van der Waals surface area contributed by atoms with Gasteiger partial charge in [-0.05, 0) is 48.7 Å². The fraction of sp³-hybridized carbons (Fsp3) is 0.217. The number of anilines is 3. The minimum Gasteiger partial charge on any atom is -0.497 e. The van der Waals surface area contributed by atoms with E-state index in [4.69, 9.17) is 9.47 Å². The van der Waals surface area contributed by atoms with E-state index in [1.54, 1.807) is 32.5 Å². The predicted octanol–water partition coefficient (Wildman–Crippen LogP) is 4.97. The molecule has 1 amide bonds. The third-order valence-corrected chi connectivity index (χ3v) is 4.67. The van der Waals surface area contributed by atoms with Crippen LogP contribution in [-0.2, 0) is 6.42 Å². The van der Waals surface area contributed by atoms with E-state index in [0.29, 0.717) is 22.9 Å². The summed E-state index contributed by atoms with van der Waals surface area (Å²) in [4.78, 5) is 17.0. The molecule has 0 fully saturated rings. The van der Waals surface area contributed by atoms with Gasteiger partial charge in [0.1, 0.15) is 17.3 Å². The van der Waals surface area contributed by atoms with Crippen LogP contribution in [0.15, 0.2) is 54.7 Å². The highest BCUT2D eigenvalue weighted by Gasteiger charge is 2.12. The second kappa shape index (κ2) is 9.10. The van der Waals surface area contributed by atoms with E-state index in [-0.39, 0.29) is 5.91 Å². The van der Waals surface area contributed by atoms with Gasteiger partial charge in [0, 0.05) is 18.0 Å². The van der Waals surface area contributed by atoms with Gasteiger partial charge in [-0.25, -0.2) is 4.98 Å². The maximum Gasteiger partial charge on any atom is 0.257 e. The lowest BCUT2D eigenvalue weighted by atomic mass is 10.1. The summed E-state index contributed by atoms with van der Waals surface area (Å²) < 4.78 is 10.6. The standard InChI is InChI=1S/C23H25N3O3/c1-5-16-8-6-7-15(2)22(16)26-23(27)17-9-12-21(24-14-17)25-19-13-18(28-3)10-11-20(19)29-4/h6-14H,5H2,1-4H3,(H,24,25)(H,26,27). The quantitative estimate of drug-likeness (QED) is 0.595. The third-order valence-electron chi connectivity index (χ3n) is 4.67. The number of aryl methyl sites for hydroxylation is 2. The van der Waals surface area contributed by atoms with Crippen molar-refractivity contribution < 1.29 is 14.3 Å². The lowest BCUT2D eigenvalue weighted by Crippen LogP contribution is -2.14. The Morgan fingerprint density at radius 1 is 1.07 bits per heavy atom. The van der Waals surface area contributed by atoms with E-state index in [9.17, 15) is 4.79 Å². The molecule has 1 heterocycles. The van der Waals surface area contributed by atoms with Crippen LogP contribution in [0.3, 0.4) is 0 Å². The minimum absolute atomic E-state index is 0.188. The van der Waals surface area contributed by atoms with Crippen LogP contribution in [0.1, 0.15) is 28.4 Å². The normalized spacial score (nSPS) is 10.3. The summed E-state index contributed by atoms with van der Waals surface area (Å²) >= 11 is 0. The summed E-state index contributed by atoms with van der Waals surface area (Å²) in [6.45, 7) is 4.06. The highest BCUT2D eigenvalue weighted by Crippen LogP contribution is 2.31. The molecule has 150 valence electrons. The van der Waals surface area contributed by atoms with E-state index in [1.165, 1.54) is 0 Å². The van der Waals surface area contributed by atoms with Crippen molar-refractivity contribution in [3.05, 3.63) is 71.4 Å². The van der Waals surface area contributed by atoms with Crippen LogP contribution in [0.2, 0.25) is 0 Å². The zero-order chi connectivity index (χ0) is 20.8. The topological polar surface area (TPSA) is 72.5 Å². The van der Waals surface area contributed by atoms with Crippen molar-refractivity contribution in [2.45, 2.75) is 20.3 Å². The van der Waals surface area contributed by atoms with Crippen molar-refractivity contribution in [1.82, 2.24) is 4.98 Å². The summed E-state index contributed by atoms with van der Waals surface area (Å²) in [5, 5.41) is 6.21. The van der Waals surface area contributed by atoms with Crippen molar-refractivity contribution in [3.8, 4) is 11.5 Å².